The minimum atomic E-state index is -0.122. The van der Waals surface area contributed by atoms with Gasteiger partial charge in [-0.3, -0.25) is 4.79 Å². The second kappa shape index (κ2) is 6.40. The topological polar surface area (TPSA) is 81.7 Å². The first-order valence-electron chi connectivity index (χ1n) is 8.13. The highest BCUT2D eigenvalue weighted by Crippen LogP contribution is 2.18. The van der Waals surface area contributed by atoms with E-state index in [0.29, 0.717) is 17.8 Å². The third kappa shape index (κ3) is 2.71. The molecular formula is C18H17N7O. The van der Waals surface area contributed by atoms with Crippen molar-refractivity contribution in [1.29, 1.82) is 0 Å². The molecule has 0 fully saturated rings. The summed E-state index contributed by atoms with van der Waals surface area (Å²) < 4.78 is 3.49. The Bertz CT molecular complexity index is 1070. The summed E-state index contributed by atoms with van der Waals surface area (Å²) in [6.07, 6.45) is 1.47. The van der Waals surface area contributed by atoms with E-state index in [2.05, 4.69) is 20.5 Å². The Balaban J connectivity index is 1.64. The number of amides is 1. The molecule has 0 spiro atoms. The number of hydrogen-bond donors (Lipinski definition) is 0. The summed E-state index contributed by atoms with van der Waals surface area (Å²) in [4.78, 5) is 19.3. The van der Waals surface area contributed by atoms with Gasteiger partial charge in [0.2, 0.25) is 0 Å². The third-order valence-corrected chi connectivity index (χ3v) is 4.34. The predicted molar refractivity (Wildman–Crippen MR) is 95.7 cm³/mol. The third-order valence-electron chi connectivity index (χ3n) is 4.34. The maximum absolute atomic E-state index is 13.0. The highest BCUT2D eigenvalue weighted by atomic mass is 16.2. The summed E-state index contributed by atoms with van der Waals surface area (Å²) in [6.45, 7) is 0.397. The van der Waals surface area contributed by atoms with E-state index in [1.807, 2.05) is 54.1 Å². The first-order valence-corrected chi connectivity index (χ1v) is 8.13. The Morgan fingerprint density at radius 2 is 1.88 bits per heavy atom. The molecule has 0 saturated heterocycles. The van der Waals surface area contributed by atoms with Gasteiger partial charge in [-0.15, -0.1) is 5.10 Å². The zero-order chi connectivity index (χ0) is 18.1. The van der Waals surface area contributed by atoms with E-state index < -0.39 is 0 Å². The quantitative estimate of drug-likeness (QED) is 0.562. The number of imidazole rings is 1. The van der Waals surface area contributed by atoms with Gasteiger partial charge < -0.3 is 9.47 Å². The molecule has 0 radical (unpaired) electrons. The molecule has 2 heterocycles. The molecule has 0 bridgehead atoms. The summed E-state index contributed by atoms with van der Waals surface area (Å²) in [5.74, 6) is 0.699. The lowest BCUT2D eigenvalue weighted by atomic mass is 10.1. The standard InChI is InChI=1S/C18H17N7O/c1-23(11-17-20-14-8-4-6-10-16(14)24(17)2)18(26)13-7-3-5-9-15(13)25-12-19-21-22-25/h3-10,12H,11H2,1-2H3. The van der Waals surface area contributed by atoms with Gasteiger partial charge in [0.15, 0.2) is 0 Å². The number of para-hydroxylation sites is 3. The van der Waals surface area contributed by atoms with E-state index in [-0.39, 0.29) is 5.91 Å². The lowest BCUT2D eigenvalue weighted by Crippen LogP contribution is -2.28. The van der Waals surface area contributed by atoms with Crippen LogP contribution in [0.1, 0.15) is 16.2 Å². The molecule has 4 rings (SSSR count). The van der Waals surface area contributed by atoms with Crippen LogP contribution in [0.4, 0.5) is 0 Å². The minimum Gasteiger partial charge on any atom is -0.334 e. The van der Waals surface area contributed by atoms with Gasteiger partial charge in [0, 0.05) is 14.1 Å². The van der Waals surface area contributed by atoms with Crippen LogP contribution in [0.3, 0.4) is 0 Å². The van der Waals surface area contributed by atoms with E-state index in [9.17, 15) is 4.79 Å². The van der Waals surface area contributed by atoms with E-state index in [4.69, 9.17) is 0 Å². The lowest BCUT2D eigenvalue weighted by Gasteiger charge is -2.18. The van der Waals surface area contributed by atoms with Crippen molar-refractivity contribution in [1.82, 2.24) is 34.7 Å². The summed E-state index contributed by atoms with van der Waals surface area (Å²) in [6, 6.07) is 15.2. The number of benzene rings is 2. The number of carbonyl (C=O) groups excluding carboxylic acids is 1. The molecular weight excluding hydrogens is 330 g/mol. The van der Waals surface area contributed by atoms with Gasteiger partial charge in [0.05, 0.1) is 28.8 Å². The molecule has 4 aromatic rings. The normalized spacial score (nSPS) is 11.0. The second-order valence-electron chi connectivity index (χ2n) is 6.01. The Hall–Kier alpha value is -3.55. The van der Waals surface area contributed by atoms with Gasteiger partial charge in [-0.05, 0) is 34.7 Å². The van der Waals surface area contributed by atoms with Gasteiger partial charge in [0.1, 0.15) is 12.2 Å². The highest BCUT2D eigenvalue weighted by Gasteiger charge is 2.19. The molecule has 0 aliphatic rings. The number of fused-ring (bicyclic) bond motifs is 1. The molecule has 0 aliphatic carbocycles. The van der Waals surface area contributed by atoms with Crippen LogP contribution >= 0.6 is 0 Å². The fourth-order valence-corrected chi connectivity index (χ4v) is 2.95. The van der Waals surface area contributed by atoms with Crippen molar-refractivity contribution in [2.75, 3.05) is 7.05 Å². The molecule has 0 N–H and O–H groups in total. The van der Waals surface area contributed by atoms with Gasteiger partial charge in [0.25, 0.3) is 5.91 Å². The van der Waals surface area contributed by atoms with Crippen molar-refractivity contribution in [2.45, 2.75) is 6.54 Å². The molecule has 2 aromatic heterocycles. The van der Waals surface area contributed by atoms with Crippen molar-refractivity contribution in [3.63, 3.8) is 0 Å². The number of nitrogens with zero attached hydrogens (tertiary/aromatic N) is 7. The zero-order valence-electron chi connectivity index (χ0n) is 14.4. The van der Waals surface area contributed by atoms with Crippen LogP contribution in [-0.2, 0) is 13.6 Å². The molecule has 8 nitrogen and oxygen atoms in total. The van der Waals surface area contributed by atoms with Gasteiger partial charge in [-0.25, -0.2) is 4.98 Å². The van der Waals surface area contributed by atoms with Crippen LogP contribution in [0.2, 0.25) is 0 Å². The molecule has 0 unspecified atom stereocenters. The molecule has 130 valence electrons. The second-order valence-corrected chi connectivity index (χ2v) is 6.01. The SMILES string of the molecule is CN(Cc1nc2ccccc2n1C)C(=O)c1ccccc1-n1cnnn1. The number of aryl methyl sites for hydroxylation is 1. The molecule has 0 aliphatic heterocycles. The maximum Gasteiger partial charge on any atom is 0.256 e. The number of tetrazole rings is 1. The van der Waals surface area contributed by atoms with Crippen LogP contribution in [-0.4, -0.2) is 47.6 Å². The fraction of sp³-hybridized carbons (Fsp3) is 0.167. The van der Waals surface area contributed by atoms with Crippen LogP contribution in [0.25, 0.3) is 16.7 Å². The van der Waals surface area contributed by atoms with Crippen molar-refractivity contribution in [3.05, 3.63) is 66.2 Å². The van der Waals surface area contributed by atoms with Crippen LogP contribution in [0.15, 0.2) is 54.9 Å². The Morgan fingerprint density at radius 3 is 2.65 bits per heavy atom. The van der Waals surface area contributed by atoms with Crippen molar-refractivity contribution in [2.24, 2.45) is 7.05 Å². The predicted octanol–water partition coefficient (Wildman–Crippen LogP) is 1.82. The van der Waals surface area contributed by atoms with Gasteiger partial charge in [-0.2, -0.15) is 4.68 Å². The first-order chi connectivity index (χ1) is 12.6. The highest BCUT2D eigenvalue weighted by molar-refractivity contribution is 5.97. The monoisotopic (exact) mass is 347 g/mol. The average Bonchev–Trinajstić information content (AvgIpc) is 3.30. The lowest BCUT2D eigenvalue weighted by molar-refractivity contribution is 0.0780. The summed E-state index contributed by atoms with van der Waals surface area (Å²) in [5.41, 5.74) is 3.12. The first kappa shape index (κ1) is 15.9. The van der Waals surface area contributed by atoms with Crippen molar-refractivity contribution < 1.29 is 4.79 Å². The molecule has 8 heteroatoms. The molecule has 1 amide bonds. The number of carbonyl (C=O) groups is 1. The minimum absolute atomic E-state index is 0.122. The Morgan fingerprint density at radius 1 is 1.12 bits per heavy atom. The Kier molecular flexibility index (Phi) is 3.92. The largest absolute Gasteiger partial charge is 0.334 e. The molecule has 26 heavy (non-hydrogen) atoms. The maximum atomic E-state index is 13.0. The summed E-state index contributed by atoms with van der Waals surface area (Å²) in [5, 5.41) is 11.2. The molecule has 0 atom stereocenters. The smallest absolute Gasteiger partial charge is 0.256 e. The molecule has 2 aromatic carbocycles. The van der Waals surface area contributed by atoms with Crippen LogP contribution in [0.5, 0.6) is 0 Å². The van der Waals surface area contributed by atoms with Gasteiger partial charge >= 0.3 is 0 Å². The van der Waals surface area contributed by atoms with E-state index in [1.54, 1.807) is 18.0 Å². The van der Waals surface area contributed by atoms with E-state index in [0.717, 1.165) is 16.9 Å². The van der Waals surface area contributed by atoms with E-state index >= 15 is 0 Å². The van der Waals surface area contributed by atoms with Crippen LogP contribution < -0.4 is 0 Å². The number of rotatable bonds is 4. The Labute approximate surface area is 149 Å². The van der Waals surface area contributed by atoms with Crippen LogP contribution in [0, 0.1) is 0 Å². The fourth-order valence-electron chi connectivity index (χ4n) is 2.95. The van der Waals surface area contributed by atoms with Crippen molar-refractivity contribution >= 4 is 16.9 Å². The zero-order valence-corrected chi connectivity index (χ0v) is 14.4. The van der Waals surface area contributed by atoms with Gasteiger partial charge in [-0.1, -0.05) is 24.3 Å². The van der Waals surface area contributed by atoms with E-state index in [1.165, 1.54) is 11.0 Å². The molecule has 0 saturated carbocycles. The number of hydrogen-bond acceptors (Lipinski definition) is 5. The number of aromatic nitrogens is 6. The van der Waals surface area contributed by atoms with Crippen molar-refractivity contribution in [3.8, 4) is 5.69 Å². The summed E-state index contributed by atoms with van der Waals surface area (Å²) in [7, 11) is 3.72. The summed E-state index contributed by atoms with van der Waals surface area (Å²) >= 11 is 0. The average molecular weight is 347 g/mol.